The van der Waals surface area contributed by atoms with Gasteiger partial charge in [-0.1, -0.05) is 36.4 Å². The van der Waals surface area contributed by atoms with Gasteiger partial charge in [0.05, 0.1) is 19.3 Å². The number of nitrogens with zero attached hydrogens (tertiary/aromatic N) is 2. The number of aliphatic hydroxyl groups is 1. The molecule has 0 aliphatic carbocycles. The molecule has 0 saturated carbocycles. The summed E-state index contributed by atoms with van der Waals surface area (Å²) in [5.41, 5.74) is 0.653. The molecule has 2 atom stereocenters. The number of methoxy groups -OCH3 is 1. The number of β-amino-alcohol motifs (C(OH)–C–C–N with tert-alkyl or cyclic N) is 1. The van der Waals surface area contributed by atoms with Crippen molar-refractivity contribution >= 4 is 5.91 Å². The Morgan fingerprint density at radius 1 is 1.19 bits per heavy atom. The molecule has 3 rings (SSSR count). The molecule has 2 aromatic rings. The zero-order valence-electron chi connectivity index (χ0n) is 18.1. The first-order valence-electron chi connectivity index (χ1n) is 10.7. The highest BCUT2D eigenvalue weighted by Crippen LogP contribution is 2.13. The van der Waals surface area contributed by atoms with Crippen LogP contribution in [0.25, 0.3) is 0 Å². The van der Waals surface area contributed by atoms with Crippen LogP contribution in [0.5, 0.6) is 5.75 Å². The predicted octanol–water partition coefficient (Wildman–Crippen LogP) is 1.92. The minimum absolute atomic E-state index is 0.0327. The number of rotatable bonds is 11. The lowest BCUT2D eigenvalue weighted by Crippen LogP contribution is -2.51. The maximum atomic E-state index is 12.9. The molecule has 0 radical (unpaired) electrons. The average molecular weight is 429 g/mol. The Bertz CT molecular complexity index is 774. The van der Waals surface area contributed by atoms with Gasteiger partial charge in [0.25, 0.3) is 5.91 Å². The van der Waals surface area contributed by atoms with E-state index in [0.29, 0.717) is 45.0 Å². The van der Waals surface area contributed by atoms with Gasteiger partial charge < -0.3 is 24.2 Å². The minimum Gasteiger partial charge on any atom is -0.491 e. The standard InChI is InChI=1S/C24H32N2O5/c1-29-14-13-26(24(28)20-8-4-2-5-9-20)18-23-17-25(12-15-30-23)16-21(27)19-31-22-10-6-3-7-11-22/h2-11,21,23,27H,12-19H2,1H3/t21-,23+/m0/s1. The zero-order valence-corrected chi connectivity index (χ0v) is 18.1. The van der Waals surface area contributed by atoms with E-state index in [1.165, 1.54) is 0 Å². The zero-order chi connectivity index (χ0) is 21.9. The number of benzene rings is 2. The summed E-state index contributed by atoms with van der Waals surface area (Å²) in [5, 5.41) is 10.4. The van der Waals surface area contributed by atoms with Gasteiger partial charge in [-0.15, -0.1) is 0 Å². The Labute approximate surface area is 184 Å². The van der Waals surface area contributed by atoms with E-state index in [-0.39, 0.29) is 18.6 Å². The quantitative estimate of drug-likeness (QED) is 0.590. The first-order valence-corrected chi connectivity index (χ1v) is 10.7. The van der Waals surface area contributed by atoms with Crippen molar-refractivity contribution in [3.05, 3.63) is 66.2 Å². The van der Waals surface area contributed by atoms with E-state index in [4.69, 9.17) is 14.2 Å². The van der Waals surface area contributed by atoms with Crippen LogP contribution in [0.1, 0.15) is 10.4 Å². The first kappa shape index (κ1) is 23.2. The minimum atomic E-state index is -0.602. The summed E-state index contributed by atoms with van der Waals surface area (Å²) in [6, 6.07) is 18.7. The topological polar surface area (TPSA) is 71.5 Å². The summed E-state index contributed by atoms with van der Waals surface area (Å²) in [7, 11) is 1.63. The lowest BCUT2D eigenvalue weighted by molar-refractivity contribution is -0.0546. The number of amides is 1. The third-order valence-electron chi connectivity index (χ3n) is 5.17. The number of hydrogen-bond donors (Lipinski definition) is 1. The van der Waals surface area contributed by atoms with Gasteiger partial charge in [0.15, 0.2) is 0 Å². The highest BCUT2D eigenvalue weighted by Gasteiger charge is 2.26. The van der Waals surface area contributed by atoms with Crippen LogP contribution in [-0.2, 0) is 9.47 Å². The number of carbonyl (C=O) groups excluding carboxylic acids is 1. The van der Waals surface area contributed by atoms with E-state index >= 15 is 0 Å². The van der Waals surface area contributed by atoms with E-state index in [0.717, 1.165) is 12.3 Å². The number of para-hydroxylation sites is 1. The maximum absolute atomic E-state index is 12.9. The average Bonchev–Trinajstić information content (AvgIpc) is 2.81. The van der Waals surface area contributed by atoms with Crippen LogP contribution in [-0.4, -0.2) is 92.7 Å². The van der Waals surface area contributed by atoms with Gasteiger partial charge in [-0.05, 0) is 24.3 Å². The van der Waals surface area contributed by atoms with Crippen LogP contribution in [0.2, 0.25) is 0 Å². The van der Waals surface area contributed by atoms with E-state index in [2.05, 4.69) is 4.90 Å². The summed E-state index contributed by atoms with van der Waals surface area (Å²) in [4.78, 5) is 16.9. The summed E-state index contributed by atoms with van der Waals surface area (Å²) in [5.74, 6) is 0.712. The van der Waals surface area contributed by atoms with Gasteiger partial charge in [0, 0.05) is 45.4 Å². The van der Waals surface area contributed by atoms with Gasteiger partial charge in [-0.2, -0.15) is 0 Å². The number of morpholine rings is 1. The van der Waals surface area contributed by atoms with Gasteiger partial charge in [0.1, 0.15) is 18.5 Å². The van der Waals surface area contributed by atoms with Crippen molar-refractivity contribution in [2.45, 2.75) is 12.2 Å². The van der Waals surface area contributed by atoms with E-state index in [1.54, 1.807) is 12.0 Å². The number of aliphatic hydroxyl groups excluding tert-OH is 1. The van der Waals surface area contributed by atoms with Crippen LogP contribution in [0.15, 0.2) is 60.7 Å². The lowest BCUT2D eigenvalue weighted by Gasteiger charge is -2.36. The third-order valence-corrected chi connectivity index (χ3v) is 5.17. The SMILES string of the molecule is COCCN(C[C@H]1CN(C[C@H](O)COc2ccccc2)CCO1)C(=O)c1ccccc1. The molecule has 0 bridgehead atoms. The van der Waals surface area contributed by atoms with Gasteiger partial charge in [0.2, 0.25) is 0 Å². The smallest absolute Gasteiger partial charge is 0.254 e. The van der Waals surface area contributed by atoms with Crippen LogP contribution < -0.4 is 4.74 Å². The fourth-order valence-corrected chi connectivity index (χ4v) is 3.60. The molecule has 0 spiro atoms. The van der Waals surface area contributed by atoms with Crippen LogP contribution in [0.3, 0.4) is 0 Å². The van der Waals surface area contributed by atoms with Crippen molar-refractivity contribution in [3.63, 3.8) is 0 Å². The fraction of sp³-hybridized carbons (Fsp3) is 0.458. The second-order valence-corrected chi connectivity index (χ2v) is 7.64. The van der Waals surface area contributed by atoms with E-state index < -0.39 is 6.10 Å². The largest absolute Gasteiger partial charge is 0.491 e. The molecule has 1 amide bonds. The second-order valence-electron chi connectivity index (χ2n) is 7.64. The molecule has 7 nitrogen and oxygen atoms in total. The normalized spacial score (nSPS) is 17.8. The van der Waals surface area contributed by atoms with Gasteiger partial charge >= 0.3 is 0 Å². The summed E-state index contributed by atoms with van der Waals surface area (Å²) < 4.78 is 16.8. The Morgan fingerprint density at radius 3 is 2.61 bits per heavy atom. The van der Waals surface area contributed by atoms with Crippen molar-refractivity contribution in [2.24, 2.45) is 0 Å². The van der Waals surface area contributed by atoms with E-state index in [9.17, 15) is 9.90 Å². The van der Waals surface area contributed by atoms with Crippen molar-refractivity contribution < 1.29 is 24.1 Å². The number of hydrogen-bond acceptors (Lipinski definition) is 6. The molecule has 0 unspecified atom stereocenters. The Hall–Kier alpha value is -2.45. The van der Waals surface area contributed by atoms with E-state index in [1.807, 2.05) is 60.7 Å². The molecule has 1 N–H and O–H groups in total. The Kier molecular flexibility index (Phi) is 9.30. The van der Waals surface area contributed by atoms with Crippen LogP contribution in [0, 0.1) is 0 Å². The summed E-state index contributed by atoms with van der Waals surface area (Å²) >= 11 is 0. The molecule has 7 heteroatoms. The van der Waals surface area contributed by atoms with Crippen LogP contribution >= 0.6 is 0 Å². The van der Waals surface area contributed by atoms with Crippen molar-refractivity contribution in [3.8, 4) is 5.75 Å². The molecule has 1 saturated heterocycles. The third kappa shape index (κ3) is 7.63. The van der Waals surface area contributed by atoms with Crippen molar-refractivity contribution in [1.29, 1.82) is 0 Å². The Morgan fingerprint density at radius 2 is 1.90 bits per heavy atom. The second kappa shape index (κ2) is 12.4. The maximum Gasteiger partial charge on any atom is 0.254 e. The lowest BCUT2D eigenvalue weighted by atomic mass is 10.1. The molecular weight excluding hydrogens is 396 g/mol. The molecule has 31 heavy (non-hydrogen) atoms. The van der Waals surface area contributed by atoms with Crippen LogP contribution in [0.4, 0.5) is 0 Å². The van der Waals surface area contributed by atoms with Gasteiger partial charge in [-0.25, -0.2) is 0 Å². The highest BCUT2D eigenvalue weighted by molar-refractivity contribution is 5.94. The molecule has 0 aromatic heterocycles. The molecule has 1 heterocycles. The number of carbonyl (C=O) groups is 1. The van der Waals surface area contributed by atoms with Gasteiger partial charge in [-0.3, -0.25) is 9.69 Å². The predicted molar refractivity (Wildman–Crippen MR) is 118 cm³/mol. The molecule has 1 aliphatic heterocycles. The van der Waals surface area contributed by atoms with Crippen molar-refractivity contribution in [2.75, 3.05) is 59.7 Å². The first-order chi connectivity index (χ1) is 15.2. The molecule has 1 fully saturated rings. The van der Waals surface area contributed by atoms with Crippen molar-refractivity contribution in [1.82, 2.24) is 9.80 Å². The molecule has 1 aliphatic rings. The molecule has 2 aromatic carbocycles. The summed E-state index contributed by atoms with van der Waals surface area (Å²) in [6.07, 6.45) is -0.727. The monoisotopic (exact) mass is 428 g/mol. The molecule has 168 valence electrons. The molecular formula is C24H32N2O5. The fourth-order valence-electron chi connectivity index (χ4n) is 3.60. The Balaban J connectivity index is 1.51. The summed E-state index contributed by atoms with van der Waals surface area (Å²) in [6.45, 7) is 4.12. The highest BCUT2D eigenvalue weighted by atomic mass is 16.5. The number of ether oxygens (including phenoxy) is 3.